The van der Waals surface area contributed by atoms with Gasteiger partial charge in [-0.05, 0) is 24.3 Å². The number of rotatable bonds is 2. The summed E-state index contributed by atoms with van der Waals surface area (Å²) >= 11 is 12.4. The fourth-order valence-electron chi connectivity index (χ4n) is 2.52. The lowest BCUT2D eigenvalue weighted by atomic mass is 10.1. The molecule has 0 saturated heterocycles. The monoisotopic (exact) mass is 332 g/mol. The third-order valence-electron chi connectivity index (χ3n) is 3.41. The standard InChI is InChI=1S/C17H14Cl2N2O/c1-20(2)10-13-12-5-3-4-6-15(12)21(17(13)22)16-9-11(18)7-8-14(16)19/h3-10H,1-2H3/b13-10-. The Morgan fingerprint density at radius 2 is 1.77 bits per heavy atom. The molecule has 0 fully saturated rings. The second-order valence-electron chi connectivity index (χ2n) is 5.26. The average Bonchev–Trinajstić information content (AvgIpc) is 2.74. The summed E-state index contributed by atoms with van der Waals surface area (Å²) in [5.41, 5.74) is 2.92. The first-order valence-electron chi connectivity index (χ1n) is 6.76. The van der Waals surface area contributed by atoms with Crippen molar-refractivity contribution in [2.45, 2.75) is 0 Å². The SMILES string of the molecule is CN(C)/C=C1\C(=O)N(c2cc(Cl)ccc2Cl)c2ccccc21. The number of anilines is 2. The molecule has 3 nitrogen and oxygen atoms in total. The van der Waals surface area contributed by atoms with Gasteiger partial charge in [-0.15, -0.1) is 0 Å². The molecule has 0 saturated carbocycles. The van der Waals surface area contributed by atoms with Gasteiger partial charge in [0.25, 0.3) is 5.91 Å². The molecule has 1 heterocycles. The van der Waals surface area contributed by atoms with Crippen LogP contribution in [0.2, 0.25) is 10.0 Å². The third kappa shape index (κ3) is 2.47. The first-order valence-corrected chi connectivity index (χ1v) is 7.52. The van der Waals surface area contributed by atoms with Crippen LogP contribution in [-0.4, -0.2) is 24.9 Å². The van der Waals surface area contributed by atoms with Crippen molar-refractivity contribution in [1.29, 1.82) is 0 Å². The highest BCUT2D eigenvalue weighted by atomic mass is 35.5. The van der Waals surface area contributed by atoms with Gasteiger partial charge >= 0.3 is 0 Å². The van der Waals surface area contributed by atoms with Crippen molar-refractivity contribution >= 4 is 46.1 Å². The van der Waals surface area contributed by atoms with Gasteiger partial charge in [-0.2, -0.15) is 0 Å². The molecule has 0 bridgehead atoms. The molecule has 2 aromatic carbocycles. The Balaban J connectivity index is 2.22. The van der Waals surface area contributed by atoms with Crippen molar-refractivity contribution in [3.63, 3.8) is 0 Å². The highest BCUT2D eigenvalue weighted by Crippen LogP contribution is 2.44. The molecule has 1 aliphatic rings. The van der Waals surface area contributed by atoms with Crippen LogP contribution in [0.25, 0.3) is 5.57 Å². The van der Waals surface area contributed by atoms with Crippen molar-refractivity contribution in [2.24, 2.45) is 0 Å². The number of carbonyl (C=O) groups excluding carboxylic acids is 1. The van der Waals surface area contributed by atoms with Gasteiger partial charge in [0.15, 0.2) is 0 Å². The highest BCUT2D eigenvalue weighted by Gasteiger charge is 2.34. The fraction of sp³-hybridized carbons (Fsp3) is 0.118. The van der Waals surface area contributed by atoms with E-state index in [1.807, 2.05) is 49.5 Å². The number of amides is 1. The Morgan fingerprint density at radius 1 is 1.05 bits per heavy atom. The Kier molecular flexibility index (Phi) is 3.85. The summed E-state index contributed by atoms with van der Waals surface area (Å²) in [6, 6.07) is 12.8. The summed E-state index contributed by atoms with van der Waals surface area (Å²) in [7, 11) is 3.77. The molecule has 0 unspecified atom stereocenters. The molecule has 5 heteroatoms. The predicted octanol–water partition coefficient (Wildman–Crippen LogP) is 4.57. The predicted molar refractivity (Wildman–Crippen MR) is 91.7 cm³/mol. The summed E-state index contributed by atoms with van der Waals surface area (Å²) in [5.74, 6) is -0.112. The van der Waals surface area contributed by atoms with Crippen LogP contribution >= 0.6 is 23.2 Å². The third-order valence-corrected chi connectivity index (χ3v) is 3.96. The van der Waals surface area contributed by atoms with E-state index in [0.717, 1.165) is 11.3 Å². The van der Waals surface area contributed by atoms with Crippen LogP contribution in [0.5, 0.6) is 0 Å². The van der Waals surface area contributed by atoms with E-state index < -0.39 is 0 Å². The van der Waals surface area contributed by atoms with E-state index in [4.69, 9.17) is 23.2 Å². The van der Waals surface area contributed by atoms with E-state index in [1.54, 1.807) is 23.1 Å². The van der Waals surface area contributed by atoms with Gasteiger partial charge in [0.05, 0.1) is 22.0 Å². The first kappa shape index (κ1) is 14.9. The number of halogens is 2. The Labute approximate surface area is 139 Å². The van der Waals surface area contributed by atoms with E-state index in [2.05, 4.69) is 0 Å². The van der Waals surface area contributed by atoms with Crippen LogP contribution in [-0.2, 0) is 4.79 Å². The number of fused-ring (bicyclic) bond motifs is 1. The molecule has 0 atom stereocenters. The van der Waals surface area contributed by atoms with Crippen molar-refractivity contribution in [1.82, 2.24) is 4.90 Å². The largest absolute Gasteiger partial charge is 0.383 e. The van der Waals surface area contributed by atoms with Gasteiger partial charge in [0, 0.05) is 30.9 Å². The molecule has 0 aliphatic carbocycles. The van der Waals surface area contributed by atoms with Crippen molar-refractivity contribution in [2.75, 3.05) is 19.0 Å². The molecule has 2 aromatic rings. The van der Waals surface area contributed by atoms with Gasteiger partial charge in [-0.1, -0.05) is 41.4 Å². The molecule has 0 N–H and O–H groups in total. The molecule has 0 aromatic heterocycles. The zero-order valence-electron chi connectivity index (χ0n) is 12.2. The molecular weight excluding hydrogens is 319 g/mol. The quantitative estimate of drug-likeness (QED) is 0.752. The van der Waals surface area contributed by atoms with Crippen molar-refractivity contribution in [3.05, 3.63) is 64.3 Å². The summed E-state index contributed by atoms with van der Waals surface area (Å²) in [6.45, 7) is 0. The Bertz CT molecular complexity index is 784. The number of hydrogen-bond donors (Lipinski definition) is 0. The van der Waals surface area contributed by atoms with E-state index in [0.29, 0.717) is 21.3 Å². The second kappa shape index (κ2) is 5.67. The van der Waals surface area contributed by atoms with Crippen LogP contribution < -0.4 is 4.90 Å². The minimum absolute atomic E-state index is 0.112. The van der Waals surface area contributed by atoms with E-state index >= 15 is 0 Å². The number of para-hydroxylation sites is 1. The van der Waals surface area contributed by atoms with Gasteiger partial charge in [-0.25, -0.2) is 0 Å². The lowest BCUT2D eigenvalue weighted by Crippen LogP contribution is -2.21. The Morgan fingerprint density at radius 3 is 2.50 bits per heavy atom. The lowest BCUT2D eigenvalue weighted by molar-refractivity contribution is -0.112. The molecule has 1 amide bonds. The van der Waals surface area contributed by atoms with Gasteiger partial charge in [-0.3, -0.25) is 9.69 Å². The molecule has 3 rings (SSSR count). The zero-order valence-corrected chi connectivity index (χ0v) is 13.7. The maximum Gasteiger partial charge on any atom is 0.265 e. The van der Waals surface area contributed by atoms with E-state index in [9.17, 15) is 4.79 Å². The first-order chi connectivity index (χ1) is 10.5. The number of carbonyl (C=O) groups is 1. The molecule has 0 spiro atoms. The summed E-state index contributed by atoms with van der Waals surface area (Å²) in [4.78, 5) is 16.4. The summed E-state index contributed by atoms with van der Waals surface area (Å²) in [5, 5.41) is 1.02. The highest BCUT2D eigenvalue weighted by molar-refractivity contribution is 6.40. The fourth-order valence-corrected chi connectivity index (χ4v) is 2.89. The van der Waals surface area contributed by atoms with Gasteiger partial charge in [0.1, 0.15) is 0 Å². The van der Waals surface area contributed by atoms with Crippen LogP contribution in [0.15, 0.2) is 48.7 Å². The minimum Gasteiger partial charge on any atom is -0.383 e. The van der Waals surface area contributed by atoms with Crippen LogP contribution in [0.1, 0.15) is 5.56 Å². The Hall–Kier alpha value is -1.97. The topological polar surface area (TPSA) is 23.6 Å². The minimum atomic E-state index is -0.112. The molecule has 1 aliphatic heterocycles. The number of nitrogens with zero attached hydrogens (tertiary/aromatic N) is 2. The van der Waals surface area contributed by atoms with Crippen molar-refractivity contribution < 1.29 is 4.79 Å². The van der Waals surface area contributed by atoms with E-state index in [-0.39, 0.29) is 5.91 Å². The smallest absolute Gasteiger partial charge is 0.265 e. The van der Waals surface area contributed by atoms with Crippen molar-refractivity contribution in [3.8, 4) is 0 Å². The van der Waals surface area contributed by atoms with Gasteiger partial charge in [0.2, 0.25) is 0 Å². The average molecular weight is 333 g/mol. The lowest BCUT2D eigenvalue weighted by Gasteiger charge is -2.19. The molecule has 0 radical (unpaired) electrons. The molecule has 112 valence electrons. The number of benzene rings is 2. The maximum atomic E-state index is 12.9. The summed E-state index contributed by atoms with van der Waals surface area (Å²) < 4.78 is 0. The molecular formula is C17H14Cl2N2O. The maximum absolute atomic E-state index is 12.9. The van der Waals surface area contributed by atoms with Crippen LogP contribution in [0.3, 0.4) is 0 Å². The zero-order chi connectivity index (χ0) is 15.9. The molecule has 22 heavy (non-hydrogen) atoms. The number of hydrogen-bond acceptors (Lipinski definition) is 2. The van der Waals surface area contributed by atoms with Crippen LogP contribution in [0, 0.1) is 0 Å². The van der Waals surface area contributed by atoms with Gasteiger partial charge < -0.3 is 4.90 Å². The van der Waals surface area contributed by atoms with E-state index in [1.165, 1.54) is 0 Å². The second-order valence-corrected chi connectivity index (χ2v) is 6.10. The van der Waals surface area contributed by atoms with Crippen LogP contribution in [0.4, 0.5) is 11.4 Å². The normalized spacial score (nSPS) is 15.4. The summed E-state index contributed by atoms with van der Waals surface area (Å²) in [6.07, 6.45) is 1.82.